The normalized spacial score (nSPS) is 14.5. The molecule has 4 N–H and O–H groups in total. The number of aromatic carboxylic acids is 1. The number of benzene rings is 4. The lowest BCUT2D eigenvalue weighted by Crippen LogP contribution is -2.33. The highest BCUT2D eigenvalue weighted by atomic mass is 127. The van der Waals surface area contributed by atoms with Gasteiger partial charge in [-0.1, -0.05) is 117 Å². The number of fused-ring (bicyclic) bond motifs is 2. The Labute approximate surface area is 487 Å². The van der Waals surface area contributed by atoms with Crippen molar-refractivity contribution in [1.29, 1.82) is 0 Å². The molecule has 14 nitrogen and oxygen atoms in total. The Hall–Kier alpha value is -5.35. The molecule has 2 aliphatic carbocycles. The highest BCUT2D eigenvalue weighted by Crippen LogP contribution is 2.47. The lowest BCUT2D eigenvalue weighted by molar-refractivity contribution is -0.242. The van der Waals surface area contributed by atoms with Crippen LogP contribution in [0.25, 0.3) is 0 Å². The molecule has 438 valence electrons. The lowest BCUT2D eigenvalue weighted by atomic mass is 9.63. The number of ether oxygens (including phenoxy) is 3. The van der Waals surface area contributed by atoms with Gasteiger partial charge >= 0.3 is 11.9 Å². The maximum Gasteiger partial charge on any atom is 0.338 e. The molecule has 0 spiro atoms. The molecule has 15 heteroatoms. The number of anilines is 2. The second-order valence-electron chi connectivity index (χ2n) is 22.1. The largest absolute Gasteiger partial charge is 0.478 e. The summed E-state index contributed by atoms with van der Waals surface area (Å²) < 4.78 is 18.1. The number of rotatable bonds is 20. The molecular weight excluding hydrogens is 1110 g/mol. The van der Waals surface area contributed by atoms with Crippen LogP contribution in [0.15, 0.2) is 84.9 Å². The summed E-state index contributed by atoms with van der Waals surface area (Å²) in [6.45, 7) is 34.2. The van der Waals surface area contributed by atoms with Gasteiger partial charge in [-0.25, -0.2) is 9.59 Å². The molecule has 0 heterocycles. The van der Waals surface area contributed by atoms with Gasteiger partial charge in [-0.05, 0) is 168 Å². The monoisotopic (exact) mass is 1210 g/mol. The van der Waals surface area contributed by atoms with Crippen molar-refractivity contribution in [1.82, 2.24) is 4.90 Å². The van der Waals surface area contributed by atoms with Crippen LogP contribution in [0.4, 0.5) is 11.4 Å². The van der Waals surface area contributed by atoms with Gasteiger partial charge in [0.05, 0.1) is 50.8 Å². The zero-order valence-electron chi connectivity index (χ0n) is 48.0. The average molecular weight is 1210 g/mol. The molecule has 0 bridgehead atoms. The third kappa shape index (κ3) is 23.3. The zero-order valence-corrected chi connectivity index (χ0v) is 50.1. The first-order chi connectivity index (χ1) is 36.4. The molecule has 6 rings (SSSR count). The molecule has 0 fully saturated rings. The van der Waals surface area contributed by atoms with E-state index in [1.165, 1.54) is 66.2 Å². The topological polar surface area (TPSA) is 182 Å². The maximum atomic E-state index is 12.8. The van der Waals surface area contributed by atoms with Crippen LogP contribution in [-0.4, -0.2) is 105 Å². The predicted molar refractivity (Wildman–Crippen MR) is 329 cm³/mol. The second kappa shape index (κ2) is 34.7. The third-order valence-corrected chi connectivity index (χ3v) is 14.2. The summed E-state index contributed by atoms with van der Waals surface area (Å²) in [6.07, 6.45) is 6.82. The number of amides is 2. The van der Waals surface area contributed by atoms with E-state index in [2.05, 4.69) is 136 Å². The molecule has 0 saturated carbocycles. The van der Waals surface area contributed by atoms with Crippen LogP contribution < -0.4 is 10.6 Å². The van der Waals surface area contributed by atoms with Gasteiger partial charge < -0.3 is 40.0 Å². The van der Waals surface area contributed by atoms with Gasteiger partial charge in [0.1, 0.15) is 6.61 Å². The van der Waals surface area contributed by atoms with E-state index in [4.69, 9.17) is 24.4 Å². The van der Waals surface area contributed by atoms with Crippen molar-refractivity contribution in [2.24, 2.45) is 5.92 Å². The Kier molecular flexibility index (Phi) is 31.5. The summed E-state index contributed by atoms with van der Waals surface area (Å²) in [4.78, 5) is 59.9. The minimum Gasteiger partial charge on any atom is -0.478 e. The smallest absolute Gasteiger partial charge is 0.338 e. The minimum absolute atomic E-state index is 0. The van der Waals surface area contributed by atoms with E-state index in [-0.39, 0.29) is 80.3 Å². The summed E-state index contributed by atoms with van der Waals surface area (Å²) in [5, 5.41) is 23.5. The van der Waals surface area contributed by atoms with E-state index in [0.29, 0.717) is 42.4 Å². The van der Waals surface area contributed by atoms with Crippen molar-refractivity contribution in [2.45, 2.75) is 152 Å². The van der Waals surface area contributed by atoms with Gasteiger partial charge in [-0.15, -0.1) is 0 Å². The summed E-state index contributed by atoms with van der Waals surface area (Å²) in [6, 6.07) is 24.7. The SMILES string of the molecule is C.C.CC(C)COOC#CI.CC1(C)CCC(C)(C)c2cc(NC(=O)c3ccc(C(=O)O)cc3)ccc21.CC1(C)CCC(C)(C)c2cc(NC(=O)c3ccc(C(=O)OCCOCCOCCO)cc3)ccc21.CCN(CC)CC. The number of nitrogens with zero attached hydrogens (tertiary/aromatic N) is 1. The molecule has 0 aromatic heterocycles. The number of carbonyl (C=O) groups excluding carboxylic acids is 3. The number of carbonyl (C=O) groups is 4. The Balaban J connectivity index is 0.000000619. The summed E-state index contributed by atoms with van der Waals surface area (Å²) in [5.74, 6) is -1.46. The fourth-order valence-corrected chi connectivity index (χ4v) is 8.90. The minimum atomic E-state index is -1.00. The van der Waals surface area contributed by atoms with Crippen molar-refractivity contribution in [2.75, 3.05) is 76.5 Å². The quantitative estimate of drug-likeness (QED) is 0.0164. The van der Waals surface area contributed by atoms with Crippen LogP contribution >= 0.6 is 22.6 Å². The van der Waals surface area contributed by atoms with Crippen molar-refractivity contribution in [3.05, 3.63) is 129 Å². The number of aliphatic hydroxyl groups excluding tert-OH is 1. The van der Waals surface area contributed by atoms with E-state index in [9.17, 15) is 19.2 Å². The number of aliphatic hydroxyl groups is 1. The van der Waals surface area contributed by atoms with Crippen LogP contribution in [0.3, 0.4) is 0 Å². The van der Waals surface area contributed by atoms with Crippen LogP contribution in [0.2, 0.25) is 0 Å². The molecular formula is C64H94IN3O11. The van der Waals surface area contributed by atoms with Gasteiger partial charge in [0.25, 0.3) is 11.8 Å². The van der Waals surface area contributed by atoms with Crippen LogP contribution in [0.5, 0.6) is 0 Å². The van der Waals surface area contributed by atoms with Crippen LogP contribution in [0, 0.1) is 16.0 Å². The first-order valence-corrected chi connectivity index (χ1v) is 27.8. The van der Waals surface area contributed by atoms with Crippen LogP contribution in [0.1, 0.15) is 194 Å². The summed E-state index contributed by atoms with van der Waals surface area (Å²) in [5.41, 5.74) is 8.63. The highest BCUT2D eigenvalue weighted by molar-refractivity contribution is 14.1. The Bertz CT molecular complexity index is 2550. The predicted octanol–water partition coefficient (Wildman–Crippen LogP) is 14.0. The van der Waals surface area contributed by atoms with E-state index < -0.39 is 11.9 Å². The van der Waals surface area contributed by atoms with Gasteiger partial charge in [-0.2, -0.15) is 4.89 Å². The van der Waals surface area contributed by atoms with Crippen molar-refractivity contribution in [3.63, 3.8) is 0 Å². The molecule has 0 atom stereocenters. The summed E-state index contributed by atoms with van der Waals surface area (Å²) in [7, 11) is 0. The number of hydrogen-bond acceptors (Lipinski definition) is 11. The van der Waals surface area contributed by atoms with Crippen LogP contribution in [-0.2, 0) is 45.6 Å². The fraction of sp³-hybridized carbons (Fsp3) is 0.531. The molecule has 4 aromatic carbocycles. The number of nitrogens with one attached hydrogen (secondary N) is 2. The molecule has 0 aliphatic heterocycles. The first kappa shape index (κ1) is 71.7. The molecule has 2 amide bonds. The highest BCUT2D eigenvalue weighted by Gasteiger charge is 2.38. The molecule has 0 unspecified atom stereocenters. The average Bonchev–Trinajstić information content (AvgIpc) is 3.48. The van der Waals surface area contributed by atoms with E-state index >= 15 is 0 Å². The standard InChI is InChI=1S/C28H37NO6.C22H25NO3.C6H9IO2.C6H15N.2CH4/c1-27(2)11-12-28(3,4)24-19-22(9-10-23(24)27)29-25(31)20-5-7-21(8-6-20)26(32)35-18-17-34-16-15-33-14-13-30;1-21(2)11-12-22(3,4)18-13-16(9-10-17(18)21)23-19(24)14-5-7-15(8-6-14)20(25)26;1-6(2)5-9-8-4-3-7;1-4-7(5-2)6-3;;/h5-10,19,30H,11-18H2,1-4H3,(H,29,31);5-10,13H,11-12H2,1-4H3,(H,23,24)(H,25,26);6H,5H2,1-2H3;4-6H2,1-3H3;2*1H4. The first-order valence-electron chi connectivity index (χ1n) is 26.8. The number of carboxylic acids is 1. The lowest BCUT2D eigenvalue weighted by Gasteiger charge is -2.42. The zero-order chi connectivity index (χ0) is 57.4. The number of esters is 1. The number of hydrogen-bond donors (Lipinski definition) is 4. The Morgan fingerprint density at radius 1 is 0.582 bits per heavy atom. The Morgan fingerprint density at radius 3 is 1.33 bits per heavy atom. The van der Waals surface area contributed by atoms with Crippen molar-refractivity contribution in [3.8, 4) is 10.0 Å². The molecule has 0 radical (unpaired) electrons. The van der Waals surface area contributed by atoms with Gasteiger partial charge in [0.15, 0.2) is 6.11 Å². The number of carboxylic acid groups (broad SMARTS) is 1. The fourth-order valence-electron chi connectivity index (χ4n) is 8.81. The van der Waals surface area contributed by atoms with E-state index in [1.54, 1.807) is 24.3 Å². The van der Waals surface area contributed by atoms with Crippen molar-refractivity contribution >= 4 is 57.7 Å². The van der Waals surface area contributed by atoms with Crippen molar-refractivity contribution < 1.29 is 53.4 Å². The number of halogens is 1. The third-order valence-electron chi connectivity index (χ3n) is 13.9. The molecule has 79 heavy (non-hydrogen) atoms. The molecule has 4 aromatic rings. The molecule has 2 aliphatic rings. The second-order valence-corrected chi connectivity index (χ2v) is 22.6. The Morgan fingerprint density at radius 2 is 0.962 bits per heavy atom. The van der Waals surface area contributed by atoms with Gasteiger partial charge in [0, 0.05) is 49.0 Å². The van der Waals surface area contributed by atoms with E-state index in [0.717, 1.165) is 37.1 Å². The van der Waals surface area contributed by atoms with Gasteiger partial charge in [0.2, 0.25) is 0 Å². The molecule has 0 saturated heterocycles. The van der Waals surface area contributed by atoms with E-state index in [1.807, 2.05) is 48.6 Å². The maximum absolute atomic E-state index is 12.8. The van der Waals surface area contributed by atoms with Gasteiger partial charge in [-0.3, -0.25) is 14.5 Å². The summed E-state index contributed by atoms with van der Waals surface area (Å²) >= 11 is 1.88.